The first-order chi connectivity index (χ1) is 10.0. The molecule has 2 aromatic carbocycles. The maximum Gasteiger partial charge on any atom is 0.163 e. The molecule has 2 N–H and O–H groups in total. The van der Waals surface area contributed by atoms with Crippen LogP contribution in [0.25, 0.3) is 0 Å². The Labute approximate surface area is 123 Å². The van der Waals surface area contributed by atoms with Crippen LogP contribution in [0.3, 0.4) is 0 Å². The first-order valence-electron chi connectivity index (χ1n) is 6.55. The minimum absolute atomic E-state index is 0.0781. The lowest BCUT2D eigenvalue weighted by Crippen LogP contribution is -1.89. The molecule has 0 aromatic heterocycles. The highest BCUT2D eigenvalue weighted by atomic mass is 16.5. The number of aryl methyl sites for hydroxylation is 2. The van der Waals surface area contributed by atoms with Crippen molar-refractivity contribution < 1.29 is 14.9 Å². The predicted molar refractivity (Wildman–Crippen MR) is 80.7 cm³/mol. The van der Waals surface area contributed by atoms with Crippen LogP contribution in [0.5, 0.6) is 11.5 Å². The summed E-state index contributed by atoms with van der Waals surface area (Å²) in [6, 6.07) is 9.10. The Morgan fingerprint density at radius 2 is 1.86 bits per heavy atom. The molecule has 5 heteroatoms. The van der Waals surface area contributed by atoms with Crippen molar-refractivity contribution in [2.24, 2.45) is 10.2 Å². The zero-order valence-corrected chi connectivity index (χ0v) is 12.3. The van der Waals surface area contributed by atoms with Crippen molar-refractivity contribution >= 4 is 11.4 Å². The highest BCUT2D eigenvalue weighted by Crippen LogP contribution is 2.35. The van der Waals surface area contributed by atoms with Crippen LogP contribution in [-0.2, 0) is 6.61 Å². The molecule has 0 amide bonds. The van der Waals surface area contributed by atoms with E-state index >= 15 is 0 Å². The summed E-state index contributed by atoms with van der Waals surface area (Å²) >= 11 is 0. The third-order valence-electron chi connectivity index (χ3n) is 3.17. The van der Waals surface area contributed by atoms with Crippen molar-refractivity contribution in [2.75, 3.05) is 7.11 Å². The van der Waals surface area contributed by atoms with Gasteiger partial charge >= 0.3 is 0 Å². The minimum atomic E-state index is -0.297. The van der Waals surface area contributed by atoms with E-state index in [9.17, 15) is 10.2 Å². The number of hydrogen-bond acceptors (Lipinski definition) is 5. The molecule has 0 bridgehead atoms. The summed E-state index contributed by atoms with van der Waals surface area (Å²) in [4.78, 5) is 0. The van der Waals surface area contributed by atoms with Crippen LogP contribution >= 0.6 is 0 Å². The Morgan fingerprint density at radius 3 is 2.52 bits per heavy atom. The second-order valence-electron chi connectivity index (χ2n) is 4.80. The molecule has 0 heterocycles. The van der Waals surface area contributed by atoms with Gasteiger partial charge in [0.05, 0.1) is 25.1 Å². The van der Waals surface area contributed by atoms with Crippen molar-refractivity contribution in [3.05, 3.63) is 47.0 Å². The molecule has 0 saturated heterocycles. The molecule has 21 heavy (non-hydrogen) atoms. The van der Waals surface area contributed by atoms with Gasteiger partial charge in [-0.25, -0.2) is 0 Å². The van der Waals surface area contributed by atoms with E-state index in [0.717, 1.165) is 16.8 Å². The summed E-state index contributed by atoms with van der Waals surface area (Å²) in [6.45, 7) is 3.66. The van der Waals surface area contributed by atoms with Gasteiger partial charge in [-0.3, -0.25) is 0 Å². The largest absolute Gasteiger partial charge is 0.504 e. The van der Waals surface area contributed by atoms with E-state index in [1.54, 1.807) is 12.1 Å². The normalized spacial score (nSPS) is 11.0. The van der Waals surface area contributed by atoms with Gasteiger partial charge in [0.25, 0.3) is 0 Å². The molecule has 0 spiro atoms. The quantitative estimate of drug-likeness (QED) is 0.836. The highest BCUT2D eigenvalue weighted by molar-refractivity contribution is 5.56. The van der Waals surface area contributed by atoms with E-state index in [4.69, 9.17) is 4.74 Å². The molecule has 0 radical (unpaired) electrons. The number of aromatic hydroxyl groups is 1. The molecular weight excluding hydrogens is 268 g/mol. The molecule has 0 aliphatic heterocycles. The average molecular weight is 286 g/mol. The zero-order chi connectivity index (χ0) is 15.4. The Bertz CT molecular complexity index is 656. The molecule has 0 aliphatic carbocycles. The predicted octanol–water partition coefficient (Wildman–Crippen LogP) is 3.93. The summed E-state index contributed by atoms with van der Waals surface area (Å²) in [7, 11) is 1.45. The topological polar surface area (TPSA) is 74.4 Å². The average Bonchev–Trinajstić information content (AvgIpc) is 2.49. The van der Waals surface area contributed by atoms with Gasteiger partial charge in [-0.15, -0.1) is 0 Å². The van der Waals surface area contributed by atoms with Crippen LogP contribution in [0.15, 0.2) is 40.6 Å². The summed E-state index contributed by atoms with van der Waals surface area (Å²) < 4.78 is 5.06. The van der Waals surface area contributed by atoms with Crippen LogP contribution in [0.2, 0.25) is 0 Å². The lowest BCUT2D eigenvalue weighted by molar-refractivity contribution is 0.272. The second kappa shape index (κ2) is 6.37. The molecule has 2 aromatic rings. The molecule has 0 atom stereocenters. The number of ether oxygens (including phenoxy) is 1. The Kier molecular flexibility index (Phi) is 4.55. The van der Waals surface area contributed by atoms with Crippen LogP contribution in [0.1, 0.15) is 16.7 Å². The van der Waals surface area contributed by atoms with Gasteiger partial charge in [-0.05, 0) is 37.1 Å². The van der Waals surface area contributed by atoms with Crippen LogP contribution in [0, 0.1) is 13.8 Å². The Hall–Kier alpha value is -2.40. The molecular formula is C16H18N2O3. The highest BCUT2D eigenvalue weighted by Gasteiger charge is 2.09. The maximum absolute atomic E-state index is 9.82. The second-order valence-corrected chi connectivity index (χ2v) is 4.80. The van der Waals surface area contributed by atoms with Gasteiger partial charge in [-0.1, -0.05) is 12.1 Å². The maximum atomic E-state index is 9.82. The molecule has 0 aliphatic rings. The molecule has 0 fully saturated rings. The Morgan fingerprint density at radius 1 is 1.10 bits per heavy atom. The van der Waals surface area contributed by atoms with Gasteiger partial charge in [0.15, 0.2) is 11.5 Å². The molecule has 5 nitrogen and oxygen atoms in total. The number of phenols is 1. The van der Waals surface area contributed by atoms with E-state index in [-0.39, 0.29) is 18.1 Å². The molecule has 0 saturated carbocycles. The van der Waals surface area contributed by atoms with Gasteiger partial charge in [-0.2, -0.15) is 10.2 Å². The van der Waals surface area contributed by atoms with Crippen molar-refractivity contribution in [3.63, 3.8) is 0 Å². The van der Waals surface area contributed by atoms with Crippen LogP contribution in [-0.4, -0.2) is 17.3 Å². The first-order valence-corrected chi connectivity index (χ1v) is 6.55. The number of benzene rings is 2. The number of nitrogens with zero attached hydrogens (tertiary/aromatic N) is 2. The van der Waals surface area contributed by atoms with Gasteiger partial charge in [0.2, 0.25) is 0 Å². The van der Waals surface area contributed by atoms with E-state index in [2.05, 4.69) is 10.2 Å². The summed E-state index contributed by atoms with van der Waals surface area (Å²) in [5.74, 6) is 0.183. The monoisotopic (exact) mass is 286 g/mol. The third-order valence-corrected chi connectivity index (χ3v) is 3.17. The van der Waals surface area contributed by atoms with Gasteiger partial charge in [0, 0.05) is 11.6 Å². The smallest absolute Gasteiger partial charge is 0.163 e. The van der Waals surface area contributed by atoms with Gasteiger partial charge in [0.1, 0.15) is 0 Å². The van der Waals surface area contributed by atoms with Crippen molar-refractivity contribution in [1.29, 1.82) is 0 Å². The van der Waals surface area contributed by atoms with Crippen LogP contribution < -0.4 is 4.74 Å². The number of rotatable bonds is 4. The van der Waals surface area contributed by atoms with Crippen molar-refractivity contribution in [1.82, 2.24) is 0 Å². The number of hydrogen-bond donors (Lipinski definition) is 2. The van der Waals surface area contributed by atoms with Crippen molar-refractivity contribution in [2.45, 2.75) is 20.5 Å². The number of aliphatic hydroxyl groups excluding tert-OH is 1. The zero-order valence-electron chi connectivity index (χ0n) is 12.3. The lowest BCUT2D eigenvalue weighted by atomic mass is 10.1. The number of azo groups is 1. The van der Waals surface area contributed by atoms with E-state index in [0.29, 0.717) is 11.3 Å². The molecule has 110 valence electrons. The SMILES string of the molecule is COc1cc(N=Nc2cc(C)ccc2C)cc(CO)c1O. The van der Waals surface area contributed by atoms with Crippen LogP contribution in [0.4, 0.5) is 11.4 Å². The summed E-state index contributed by atoms with van der Waals surface area (Å²) in [5, 5.41) is 27.4. The van der Waals surface area contributed by atoms with E-state index in [1.807, 2.05) is 32.0 Å². The standard InChI is InChI=1S/C16H18N2O3/c1-10-4-5-11(2)14(6-10)18-17-13-7-12(9-19)16(20)15(8-13)21-3/h4-8,19-20H,9H2,1-3H3. The minimum Gasteiger partial charge on any atom is -0.504 e. The summed E-state index contributed by atoms with van der Waals surface area (Å²) in [6.07, 6.45) is 0. The van der Waals surface area contributed by atoms with Gasteiger partial charge < -0.3 is 14.9 Å². The molecule has 2 rings (SSSR count). The number of methoxy groups -OCH3 is 1. The first kappa shape index (κ1) is 15.0. The van der Waals surface area contributed by atoms with Crippen molar-refractivity contribution in [3.8, 4) is 11.5 Å². The fourth-order valence-corrected chi connectivity index (χ4v) is 1.92. The molecule has 0 unspecified atom stereocenters. The summed E-state index contributed by atoms with van der Waals surface area (Å²) in [5.41, 5.74) is 3.78. The number of aliphatic hydroxyl groups is 1. The lowest BCUT2D eigenvalue weighted by Gasteiger charge is -2.08. The fourth-order valence-electron chi connectivity index (χ4n) is 1.92. The van der Waals surface area contributed by atoms with E-state index < -0.39 is 0 Å². The van der Waals surface area contributed by atoms with E-state index in [1.165, 1.54) is 7.11 Å². The third kappa shape index (κ3) is 3.38. The fraction of sp³-hybridized carbons (Fsp3) is 0.250. The Balaban J connectivity index is 2.39.